The first kappa shape index (κ1) is 17.5. The largest absolute Gasteiger partial charge is 0.361 e. The first-order valence-electron chi connectivity index (χ1n) is 6.85. The average molecular weight is 308 g/mol. The van der Waals surface area contributed by atoms with Crippen LogP contribution in [0.2, 0.25) is 0 Å². The molecule has 2 N–H and O–H groups in total. The zero-order chi connectivity index (χ0) is 16.0. The highest BCUT2D eigenvalue weighted by Crippen LogP contribution is 2.34. The normalized spacial score (nSPS) is 11.0. The summed E-state index contributed by atoms with van der Waals surface area (Å²) in [5.74, 6) is -0.252. The molecule has 0 aliphatic carbocycles. The number of amides is 2. The van der Waals surface area contributed by atoms with Crippen molar-refractivity contribution in [3.63, 3.8) is 0 Å². The van der Waals surface area contributed by atoms with Crippen molar-refractivity contribution in [2.24, 2.45) is 0 Å². The maximum absolute atomic E-state index is 12.0. The van der Waals surface area contributed by atoms with Gasteiger partial charge in [-0.05, 0) is 43.5 Å². The number of hydrogen-bond acceptors (Lipinski definition) is 3. The van der Waals surface area contributed by atoms with Crippen molar-refractivity contribution in [2.45, 2.75) is 13.5 Å². The molecule has 0 aromatic heterocycles. The van der Waals surface area contributed by atoms with Gasteiger partial charge in [0.1, 0.15) is 0 Å². The van der Waals surface area contributed by atoms with E-state index in [1.807, 2.05) is 13.0 Å². The second-order valence-electron chi connectivity index (χ2n) is 5.60. The Morgan fingerprint density at radius 2 is 1.90 bits per heavy atom. The summed E-state index contributed by atoms with van der Waals surface area (Å²) >= 11 is 0. The minimum Gasteiger partial charge on any atom is -0.361 e. The Morgan fingerprint density at radius 1 is 1.24 bits per heavy atom. The van der Waals surface area contributed by atoms with Crippen LogP contribution >= 0.6 is 7.14 Å². The van der Waals surface area contributed by atoms with Gasteiger partial charge in [0.2, 0.25) is 7.85 Å². The van der Waals surface area contributed by atoms with E-state index in [1.165, 1.54) is 7.85 Å². The van der Waals surface area contributed by atoms with Crippen LogP contribution in [0.4, 0.5) is 4.79 Å². The monoisotopic (exact) mass is 308 g/mol. The Bertz CT molecular complexity index is 584. The van der Waals surface area contributed by atoms with E-state index >= 15 is 0 Å². The number of benzene rings is 1. The molecule has 0 aliphatic rings. The second-order valence-corrected chi connectivity index (χ2v) is 9.20. The van der Waals surface area contributed by atoms with E-state index in [0.29, 0.717) is 24.8 Å². The molecule has 0 heterocycles. The molecule has 1 rings (SSSR count). The number of carbonyl (C=O) groups is 2. The Morgan fingerprint density at radius 3 is 2.43 bits per heavy atom. The van der Waals surface area contributed by atoms with Crippen molar-refractivity contribution in [3.05, 3.63) is 34.9 Å². The molecule has 0 fully saturated rings. The van der Waals surface area contributed by atoms with Crippen LogP contribution in [0, 0.1) is 6.92 Å². The van der Waals surface area contributed by atoms with Crippen molar-refractivity contribution >= 4 is 26.7 Å². The molecule has 5 nitrogen and oxygen atoms in total. The predicted octanol–water partition coefficient (Wildman–Crippen LogP) is 1.19. The fourth-order valence-corrected chi connectivity index (χ4v) is 2.45. The van der Waals surface area contributed by atoms with Crippen LogP contribution in [-0.2, 0) is 11.1 Å². The third kappa shape index (κ3) is 6.63. The lowest BCUT2D eigenvalue weighted by Gasteiger charge is -2.11. The van der Waals surface area contributed by atoms with Crippen LogP contribution in [0.15, 0.2) is 18.2 Å². The van der Waals surface area contributed by atoms with Crippen molar-refractivity contribution in [1.82, 2.24) is 10.6 Å². The van der Waals surface area contributed by atoms with Gasteiger partial charge in [0.25, 0.3) is 5.91 Å². The van der Waals surface area contributed by atoms with Crippen LogP contribution in [0.25, 0.3) is 0 Å². The molecule has 0 bridgehead atoms. The highest BCUT2D eigenvalue weighted by atomic mass is 31.2. The third-order valence-electron chi connectivity index (χ3n) is 3.07. The van der Waals surface area contributed by atoms with Crippen molar-refractivity contribution < 1.29 is 14.2 Å². The lowest BCUT2D eigenvalue weighted by Crippen LogP contribution is -2.26. The molecule has 0 radical (unpaired) electrons. The van der Waals surface area contributed by atoms with Crippen LogP contribution < -0.4 is 10.6 Å². The van der Waals surface area contributed by atoms with E-state index in [9.17, 15) is 14.2 Å². The smallest absolute Gasteiger partial charge is 0.251 e. The number of carbonyl (C=O) groups excluding carboxylic acids is 2. The van der Waals surface area contributed by atoms with E-state index in [2.05, 4.69) is 10.6 Å². The fraction of sp³-hybridized carbons (Fsp3) is 0.429. The molecule has 0 atom stereocenters. The fourth-order valence-electron chi connectivity index (χ4n) is 1.80. The maximum atomic E-state index is 12.0. The molecule has 7 heteroatoms. The number of rotatable bonds is 6. The van der Waals surface area contributed by atoms with Crippen molar-refractivity contribution in [2.75, 3.05) is 26.0 Å². The van der Waals surface area contributed by atoms with Crippen molar-refractivity contribution in [1.29, 1.82) is 0 Å². The van der Waals surface area contributed by atoms with Gasteiger partial charge in [0.05, 0.1) is 7.14 Å². The van der Waals surface area contributed by atoms with Gasteiger partial charge in [-0.2, -0.15) is 0 Å². The molecule has 114 valence electrons. The molecule has 2 amide bonds. The Kier molecular flexibility index (Phi) is 6.22. The standard InChI is InChI=1S/C14H22BN2O3P/c1-10-8-11(4-5-12(10)9-17-14(15)19)13(18)16-6-7-21(2,3)20/h4-5,8H,6-7,9,15H2,1-3H3,(H,16,18)(H,17,19). The van der Waals surface area contributed by atoms with Gasteiger partial charge in [-0.1, -0.05) is 6.07 Å². The lowest BCUT2D eigenvalue weighted by atomic mass is 10.0. The first-order chi connectivity index (χ1) is 9.69. The molecular weight excluding hydrogens is 286 g/mol. The Hall–Kier alpha value is -1.55. The van der Waals surface area contributed by atoms with Gasteiger partial charge >= 0.3 is 0 Å². The maximum Gasteiger partial charge on any atom is 0.251 e. The number of nitrogens with one attached hydrogen (secondary N) is 2. The summed E-state index contributed by atoms with van der Waals surface area (Å²) in [7, 11) is -0.635. The molecular formula is C14H22BN2O3P. The summed E-state index contributed by atoms with van der Waals surface area (Å²) in [5.41, 5.74) is 2.50. The third-order valence-corrected chi connectivity index (χ3v) is 4.37. The van der Waals surface area contributed by atoms with Gasteiger partial charge in [-0.3, -0.25) is 9.59 Å². The van der Waals surface area contributed by atoms with Gasteiger partial charge < -0.3 is 15.2 Å². The minimum atomic E-state index is -2.10. The molecule has 21 heavy (non-hydrogen) atoms. The summed E-state index contributed by atoms with van der Waals surface area (Å²) in [6, 6.07) is 5.37. The van der Waals surface area contributed by atoms with Crippen LogP contribution in [0.3, 0.4) is 0 Å². The lowest BCUT2D eigenvalue weighted by molar-refractivity contribution is 0.0956. The van der Waals surface area contributed by atoms with Gasteiger partial charge in [0.15, 0.2) is 5.81 Å². The molecule has 1 aromatic rings. The second kappa shape index (κ2) is 7.46. The summed E-state index contributed by atoms with van der Waals surface area (Å²) in [5, 5.41) is 5.50. The van der Waals surface area contributed by atoms with Crippen molar-refractivity contribution in [3.8, 4) is 0 Å². The molecule has 0 saturated carbocycles. The zero-order valence-corrected chi connectivity index (χ0v) is 13.9. The van der Waals surface area contributed by atoms with Crippen LogP contribution in [0.1, 0.15) is 21.5 Å². The Labute approximate surface area is 126 Å². The SMILES string of the molecule is BC(=O)NCc1ccc(C(=O)NCCP(C)(C)=O)cc1C. The van der Waals surface area contributed by atoms with E-state index < -0.39 is 7.14 Å². The number of hydrogen-bond donors (Lipinski definition) is 2. The average Bonchev–Trinajstić information content (AvgIpc) is 2.35. The molecule has 1 aromatic carbocycles. The van der Waals surface area contributed by atoms with Crippen LogP contribution in [-0.4, -0.2) is 45.6 Å². The van der Waals surface area contributed by atoms with E-state index in [-0.39, 0.29) is 11.7 Å². The number of aryl methyl sites for hydroxylation is 1. The van der Waals surface area contributed by atoms with E-state index in [4.69, 9.17) is 0 Å². The molecule has 0 aliphatic heterocycles. The van der Waals surface area contributed by atoms with E-state index in [1.54, 1.807) is 25.5 Å². The minimum absolute atomic E-state index is 0.0835. The summed E-state index contributed by atoms with van der Waals surface area (Å²) in [6.45, 7) is 6.19. The Balaban J connectivity index is 2.63. The summed E-state index contributed by atoms with van der Waals surface area (Å²) in [6.07, 6.45) is 0.498. The molecule has 0 saturated heterocycles. The van der Waals surface area contributed by atoms with E-state index in [0.717, 1.165) is 11.1 Å². The van der Waals surface area contributed by atoms with Gasteiger partial charge in [-0.15, -0.1) is 0 Å². The first-order valence-corrected chi connectivity index (χ1v) is 9.64. The highest BCUT2D eigenvalue weighted by molar-refractivity contribution is 7.62. The topological polar surface area (TPSA) is 75.3 Å². The molecule has 0 spiro atoms. The van der Waals surface area contributed by atoms with Gasteiger partial charge in [-0.25, -0.2) is 0 Å². The molecule has 0 unspecified atom stereocenters. The highest BCUT2D eigenvalue weighted by Gasteiger charge is 2.10. The summed E-state index contributed by atoms with van der Waals surface area (Å²) < 4.78 is 11.6. The quantitative estimate of drug-likeness (QED) is 0.612. The zero-order valence-electron chi connectivity index (χ0n) is 13.0. The van der Waals surface area contributed by atoms with Crippen LogP contribution in [0.5, 0.6) is 0 Å². The van der Waals surface area contributed by atoms with Gasteiger partial charge in [0, 0.05) is 24.8 Å². The summed E-state index contributed by atoms with van der Waals surface area (Å²) in [4.78, 5) is 22.9. The predicted molar refractivity (Wildman–Crippen MR) is 88.6 cm³/mol.